The maximum atomic E-state index is 12.5. The number of rotatable bonds is 5. The van der Waals surface area contributed by atoms with E-state index >= 15 is 0 Å². The molecule has 0 radical (unpaired) electrons. The summed E-state index contributed by atoms with van der Waals surface area (Å²) in [6, 6.07) is 11.9. The average Bonchev–Trinajstić information content (AvgIpc) is 3.15. The van der Waals surface area contributed by atoms with Crippen LogP contribution in [0.2, 0.25) is 0 Å². The van der Waals surface area contributed by atoms with Gasteiger partial charge in [-0.05, 0) is 35.7 Å². The number of carbonyl (C=O) groups is 1. The fourth-order valence-electron chi connectivity index (χ4n) is 2.61. The molecule has 0 unspecified atom stereocenters. The molecule has 0 aliphatic carbocycles. The van der Waals surface area contributed by atoms with Crippen molar-refractivity contribution in [2.45, 2.75) is 19.8 Å². The van der Waals surface area contributed by atoms with Crippen molar-refractivity contribution < 1.29 is 9.72 Å². The number of nitro groups is 1. The van der Waals surface area contributed by atoms with Crippen LogP contribution in [-0.4, -0.2) is 20.4 Å². The lowest BCUT2D eigenvalue weighted by Gasteiger charge is -2.10. The number of benzene rings is 2. The van der Waals surface area contributed by atoms with E-state index < -0.39 is 10.8 Å². The van der Waals surface area contributed by atoms with Crippen LogP contribution in [0.3, 0.4) is 0 Å². The van der Waals surface area contributed by atoms with Gasteiger partial charge in [0.25, 0.3) is 11.6 Å². The standard InChI is InChI=1S/C19H18N4O3/c1-13(2)14-4-3-5-16(10-14)21-19(24)15-6-7-17(18(11-15)23(25)26)22-9-8-20-12-22/h3-13H,1-2H3,(H,21,24). The van der Waals surface area contributed by atoms with E-state index in [9.17, 15) is 14.9 Å². The molecule has 0 fully saturated rings. The summed E-state index contributed by atoms with van der Waals surface area (Å²) >= 11 is 0. The van der Waals surface area contributed by atoms with Crippen LogP contribution in [0.15, 0.2) is 61.2 Å². The van der Waals surface area contributed by atoms with Gasteiger partial charge in [0.1, 0.15) is 5.69 Å². The van der Waals surface area contributed by atoms with Crippen molar-refractivity contribution in [3.8, 4) is 5.69 Å². The van der Waals surface area contributed by atoms with Gasteiger partial charge in [0, 0.05) is 29.7 Å². The second-order valence-electron chi connectivity index (χ2n) is 6.16. The van der Waals surface area contributed by atoms with E-state index in [4.69, 9.17) is 0 Å². The van der Waals surface area contributed by atoms with Crippen LogP contribution in [0.4, 0.5) is 11.4 Å². The number of nitrogens with zero attached hydrogens (tertiary/aromatic N) is 3. The summed E-state index contributed by atoms with van der Waals surface area (Å²) < 4.78 is 1.53. The highest BCUT2D eigenvalue weighted by Gasteiger charge is 2.19. The van der Waals surface area contributed by atoms with Crippen LogP contribution in [-0.2, 0) is 0 Å². The van der Waals surface area contributed by atoms with E-state index in [1.54, 1.807) is 24.4 Å². The lowest BCUT2D eigenvalue weighted by molar-refractivity contribution is -0.384. The van der Waals surface area contributed by atoms with Crippen molar-refractivity contribution in [3.05, 3.63) is 82.4 Å². The highest BCUT2D eigenvalue weighted by molar-refractivity contribution is 6.05. The first-order valence-electron chi connectivity index (χ1n) is 8.14. The molecule has 0 spiro atoms. The zero-order chi connectivity index (χ0) is 18.7. The molecule has 1 N–H and O–H groups in total. The third-order valence-electron chi connectivity index (χ3n) is 4.03. The van der Waals surface area contributed by atoms with Gasteiger partial charge in [0.05, 0.1) is 11.3 Å². The molecule has 1 amide bonds. The first-order chi connectivity index (χ1) is 12.5. The summed E-state index contributed by atoms with van der Waals surface area (Å²) in [6.45, 7) is 4.14. The Morgan fingerprint density at radius 1 is 1.23 bits per heavy atom. The molecule has 0 aliphatic heterocycles. The molecule has 3 rings (SSSR count). The Kier molecular flexibility index (Phi) is 4.79. The number of hydrogen-bond acceptors (Lipinski definition) is 4. The number of nitrogens with one attached hydrogen (secondary N) is 1. The SMILES string of the molecule is CC(C)c1cccc(NC(=O)c2ccc(-n3ccnc3)c([N+](=O)[O-])c2)c1. The maximum absolute atomic E-state index is 12.5. The number of anilines is 1. The van der Waals surface area contributed by atoms with Crippen LogP contribution in [0.5, 0.6) is 0 Å². The molecule has 0 saturated carbocycles. The lowest BCUT2D eigenvalue weighted by atomic mass is 10.0. The van der Waals surface area contributed by atoms with Crippen LogP contribution < -0.4 is 5.32 Å². The normalized spacial score (nSPS) is 10.7. The molecule has 2 aromatic carbocycles. The number of aromatic nitrogens is 2. The van der Waals surface area contributed by atoms with E-state index in [0.29, 0.717) is 17.3 Å². The molecule has 132 valence electrons. The number of imidazole rings is 1. The predicted molar refractivity (Wildman–Crippen MR) is 98.7 cm³/mol. The molecule has 0 atom stereocenters. The monoisotopic (exact) mass is 350 g/mol. The number of amides is 1. The minimum atomic E-state index is -0.508. The lowest BCUT2D eigenvalue weighted by Crippen LogP contribution is -2.13. The maximum Gasteiger partial charge on any atom is 0.294 e. The Balaban J connectivity index is 1.89. The van der Waals surface area contributed by atoms with Crippen molar-refractivity contribution in [2.75, 3.05) is 5.32 Å². The minimum Gasteiger partial charge on any atom is -0.322 e. The molecular formula is C19H18N4O3. The summed E-state index contributed by atoms with van der Waals surface area (Å²) in [7, 11) is 0. The van der Waals surface area contributed by atoms with E-state index in [1.165, 1.54) is 23.2 Å². The highest BCUT2D eigenvalue weighted by Crippen LogP contribution is 2.25. The Bertz CT molecular complexity index is 949. The molecule has 26 heavy (non-hydrogen) atoms. The molecule has 7 heteroatoms. The van der Waals surface area contributed by atoms with Crippen molar-refractivity contribution in [2.24, 2.45) is 0 Å². The van der Waals surface area contributed by atoms with Crippen LogP contribution in [0, 0.1) is 10.1 Å². The number of nitro benzene ring substituents is 1. The zero-order valence-electron chi connectivity index (χ0n) is 14.4. The molecule has 7 nitrogen and oxygen atoms in total. The summed E-state index contributed by atoms with van der Waals surface area (Å²) in [6.07, 6.45) is 4.62. The molecular weight excluding hydrogens is 332 g/mol. The largest absolute Gasteiger partial charge is 0.322 e. The van der Waals surface area contributed by atoms with Crippen LogP contribution in [0.25, 0.3) is 5.69 Å². The van der Waals surface area contributed by atoms with Gasteiger partial charge >= 0.3 is 0 Å². The van der Waals surface area contributed by atoms with Gasteiger partial charge in [-0.25, -0.2) is 4.98 Å². The van der Waals surface area contributed by atoms with Gasteiger partial charge in [-0.3, -0.25) is 14.9 Å². The summed E-state index contributed by atoms with van der Waals surface area (Å²) in [5.74, 6) is -0.0615. The molecule has 0 saturated heterocycles. The summed E-state index contributed by atoms with van der Waals surface area (Å²) in [4.78, 5) is 27.3. The van der Waals surface area contributed by atoms with Crippen LogP contribution in [0.1, 0.15) is 35.7 Å². The van der Waals surface area contributed by atoms with Crippen molar-refractivity contribution in [1.82, 2.24) is 9.55 Å². The topological polar surface area (TPSA) is 90.1 Å². The van der Waals surface area contributed by atoms with Gasteiger partial charge < -0.3 is 9.88 Å². The van der Waals surface area contributed by atoms with Crippen molar-refractivity contribution in [1.29, 1.82) is 0 Å². The number of hydrogen-bond donors (Lipinski definition) is 1. The second-order valence-corrected chi connectivity index (χ2v) is 6.16. The van der Waals surface area contributed by atoms with E-state index in [-0.39, 0.29) is 11.3 Å². The Hall–Kier alpha value is -3.48. The first-order valence-corrected chi connectivity index (χ1v) is 8.14. The third-order valence-corrected chi connectivity index (χ3v) is 4.03. The Morgan fingerprint density at radius 3 is 2.69 bits per heavy atom. The van der Waals surface area contributed by atoms with Gasteiger partial charge in [0.2, 0.25) is 0 Å². The fourth-order valence-corrected chi connectivity index (χ4v) is 2.61. The van der Waals surface area contributed by atoms with E-state index in [2.05, 4.69) is 24.1 Å². The first kappa shape index (κ1) is 17.3. The summed E-state index contributed by atoms with van der Waals surface area (Å²) in [5.41, 5.74) is 2.17. The predicted octanol–water partition coefficient (Wildman–Crippen LogP) is 4.16. The van der Waals surface area contributed by atoms with Crippen molar-refractivity contribution >= 4 is 17.3 Å². The van der Waals surface area contributed by atoms with Gasteiger partial charge in [0.15, 0.2) is 0 Å². The smallest absolute Gasteiger partial charge is 0.294 e. The highest BCUT2D eigenvalue weighted by atomic mass is 16.6. The number of carbonyl (C=O) groups excluding carboxylic acids is 1. The minimum absolute atomic E-state index is 0.161. The van der Waals surface area contributed by atoms with Gasteiger partial charge in [-0.2, -0.15) is 0 Å². The quantitative estimate of drug-likeness (QED) is 0.553. The van der Waals surface area contributed by atoms with E-state index in [1.807, 2.05) is 18.2 Å². The van der Waals surface area contributed by atoms with Crippen molar-refractivity contribution in [3.63, 3.8) is 0 Å². The Labute approximate surface area is 150 Å². The molecule has 1 aromatic heterocycles. The molecule has 0 aliphatic rings. The third kappa shape index (κ3) is 3.61. The van der Waals surface area contributed by atoms with Gasteiger partial charge in [-0.15, -0.1) is 0 Å². The average molecular weight is 350 g/mol. The molecule has 1 heterocycles. The van der Waals surface area contributed by atoms with E-state index in [0.717, 1.165) is 5.56 Å². The fraction of sp³-hybridized carbons (Fsp3) is 0.158. The van der Waals surface area contributed by atoms with Crippen LogP contribution >= 0.6 is 0 Å². The zero-order valence-corrected chi connectivity index (χ0v) is 14.4. The molecule has 3 aromatic rings. The Morgan fingerprint density at radius 2 is 2.04 bits per heavy atom. The molecule has 0 bridgehead atoms. The van der Waals surface area contributed by atoms with Gasteiger partial charge in [-0.1, -0.05) is 26.0 Å². The summed E-state index contributed by atoms with van der Waals surface area (Å²) in [5, 5.41) is 14.2. The second kappa shape index (κ2) is 7.18.